The molecular formula is C10H16N4O2. The van der Waals surface area contributed by atoms with Gasteiger partial charge in [-0.25, -0.2) is 9.79 Å². The number of rotatable bonds is 3. The van der Waals surface area contributed by atoms with Gasteiger partial charge in [-0.15, -0.1) is 0 Å². The molecule has 1 saturated heterocycles. The molecule has 0 saturated carbocycles. The lowest BCUT2D eigenvalue weighted by Gasteiger charge is -2.21. The number of ether oxygens (including phenoxy) is 1. The van der Waals surface area contributed by atoms with E-state index in [4.69, 9.17) is 10.5 Å². The van der Waals surface area contributed by atoms with Gasteiger partial charge in [0, 0.05) is 25.4 Å². The Hall–Kier alpha value is -1.56. The Morgan fingerprint density at radius 2 is 2.56 bits per heavy atom. The molecule has 6 nitrogen and oxygen atoms in total. The highest BCUT2D eigenvalue weighted by molar-refractivity contribution is 5.74. The third kappa shape index (κ3) is 2.01. The van der Waals surface area contributed by atoms with Gasteiger partial charge in [0.2, 0.25) is 0 Å². The minimum Gasteiger partial charge on any atom is -0.441 e. The van der Waals surface area contributed by atoms with Crippen LogP contribution < -0.4 is 11.1 Å². The summed E-state index contributed by atoms with van der Waals surface area (Å²) in [6.45, 7) is 3.57. The first-order valence-corrected chi connectivity index (χ1v) is 5.31. The van der Waals surface area contributed by atoms with Gasteiger partial charge in [0.15, 0.2) is 5.82 Å². The quantitative estimate of drug-likeness (QED) is 0.708. The molecule has 16 heavy (non-hydrogen) atoms. The van der Waals surface area contributed by atoms with Crippen molar-refractivity contribution in [3.8, 4) is 0 Å². The average molecular weight is 224 g/mol. The molecule has 6 heteroatoms. The summed E-state index contributed by atoms with van der Waals surface area (Å²) < 4.78 is 5.32. The third-order valence-electron chi connectivity index (χ3n) is 2.66. The van der Waals surface area contributed by atoms with Gasteiger partial charge in [0.05, 0.1) is 6.54 Å². The minimum absolute atomic E-state index is 0.358. The lowest BCUT2D eigenvalue weighted by atomic mass is 10.0. The van der Waals surface area contributed by atoms with E-state index in [1.807, 2.05) is 6.92 Å². The molecule has 88 valence electrons. The van der Waals surface area contributed by atoms with E-state index in [0.29, 0.717) is 31.9 Å². The van der Waals surface area contributed by atoms with Gasteiger partial charge in [-0.1, -0.05) is 0 Å². The van der Waals surface area contributed by atoms with E-state index in [0.717, 1.165) is 0 Å². The van der Waals surface area contributed by atoms with Crippen LogP contribution in [-0.4, -0.2) is 42.4 Å². The molecule has 0 radical (unpaired) electrons. The summed E-state index contributed by atoms with van der Waals surface area (Å²) in [4.78, 5) is 17.4. The van der Waals surface area contributed by atoms with Gasteiger partial charge >= 0.3 is 6.09 Å². The maximum atomic E-state index is 11.7. The second-order valence-corrected chi connectivity index (χ2v) is 4.17. The maximum Gasteiger partial charge on any atom is 0.416 e. The number of carbonyl (C=O) groups excluding carboxylic acids is 1. The van der Waals surface area contributed by atoms with Gasteiger partial charge < -0.3 is 15.8 Å². The Balaban J connectivity index is 2.10. The van der Waals surface area contributed by atoms with E-state index in [1.54, 1.807) is 12.4 Å². The Labute approximate surface area is 94.1 Å². The van der Waals surface area contributed by atoms with Crippen LogP contribution in [0.5, 0.6) is 0 Å². The fourth-order valence-corrected chi connectivity index (χ4v) is 1.83. The highest BCUT2D eigenvalue weighted by Gasteiger charge is 2.42. The Bertz CT molecular complexity index is 353. The normalized spacial score (nSPS) is 28.8. The van der Waals surface area contributed by atoms with Crippen molar-refractivity contribution in [3.63, 3.8) is 0 Å². The first-order chi connectivity index (χ1) is 7.64. The summed E-state index contributed by atoms with van der Waals surface area (Å²) in [5.74, 6) is 0.594. The predicted molar refractivity (Wildman–Crippen MR) is 59.8 cm³/mol. The molecule has 0 spiro atoms. The molecule has 1 unspecified atom stereocenters. The molecule has 2 aliphatic rings. The lowest BCUT2D eigenvalue weighted by Crippen LogP contribution is -2.34. The van der Waals surface area contributed by atoms with Crippen molar-refractivity contribution in [2.75, 3.05) is 19.6 Å². The average Bonchev–Trinajstić information content (AvgIpc) is 2.56. The molecule has 2 rings (SSSR count). The second kappa shape index (κ2) is 4.13. The van der Waals surface area contributed by atoms with Gasteiger partial charge in [0.25, 0.3) is 0 Å². The van der Waals surface area contributed by atoms with Crippen molar-refractivity contribution in [2.24, 2.45) is 10.7 Å². The van der Waals surface area contributed by atoms with Crippen LogP contribution >= 0.6 is 0 Å². The number of hydrogen-bond acceptors (Lipinski definition) is 5. The van der Waals surface area contributed by atoms with Crippen molar-refractivity contribution < 1.29 is 9.53 Å². The monoisotopic (exact) mass is 224 g/mol. The Kier molecular flexibility index (Phi) is 2.82. The molecule has 1 atom stereocenters. The molecule has 1 amide bonds. The number of aliphatic imine (C=N–C) groups is 1. The largest absolute Gasteiger partial charge is 0.441 e. The summed E-state index contributed by atoms with van der Waals surface area (Å²) in [6.07, 6.45) is 3.74. The Morgan fingerprint density at radius 3 is 3.19 bits per heavy atom. The van der Waals surface area contributed by atoms with E-state index in [2.05, 4.69) is 10.3 Å². The standard InChI is InChI=1S/C10H16N4O2/c1-10(2-3-11)7-14(9(15)16-10)8-6-12-4-5-13-8/h5-6,12H,2-4,7,11H2,1H3. The van der Waals surface area contributed by atoms with Crippen LogP contribution in [0.4, 0.5) is 4.79 Å². The number of carbonyl (C=O) groups is 1. The van der Waals surface area contributed by atoms with E-state index >= 15 is 0 Å². The van der Waals surface area contributed by atoms with Crippen molar-refractivity contribution in [1.29, 1.82) is 0 Å². The third-order valence-corrected chi connectivity index (χ3v) is 2.66. The zero-order valence-corrected chi connectivity index (χ0v) is 9.27. The molecule has 2 heterocycles. The zero-order valence-electron chi connectivity index (χ0n) is 9.27. The molecule has 0 aromatic carbocycles. The molecule has 0 aromatic heterocycles. The smallest absolute Gasteiger partial charge is 0.416 e. The first kappa shape index (κ1) is 10.9. The second-order valence-electron chi connectivity index (χ2n) is 4.17. The topological polar surface area (TPSA) is 80.0 Å². The van der Waals surface area contributed by atoms with Crippen molar-refractivity contribution >= 4 is 12.3 Å². The van der Waals surface area contributed by atoms with Crippen LogP contribution in [0.1, 0.15) is 13.3 Å². The molecule has 0 aromatic rings. The Morgan fingerprint density at radius 1 is 1.75 bits per heavy atom. The maximum absolute atomic E-state index is 11.7. The number of cyclic esters (lactones) is 1. The van der Waals surface area contributed by atoms with Crippen molar-refractivity contribution in [3.05, 3.63) is 12.0 Å². The number of amides is 1. The highest BCUT2D eigenvalue weighted by atomic mass is 16.6. The molecule has 1 fully saturated rings. The molecule has 2 aliphatic heterocycles. The number of hydrogen-bond donors (Lipinski definition) is 2. The van der Waals surface area contributed by atoms with E-state index in [-0.39, 0.29) is 6.09 Å². The highest BCUT2D eigenvalue weighted by Crippen LogP contribution is 2.28. The van der Waals surface area contributed by atoms with Crippen LogP contribution in [0, 0.1) is 0 Å². The first-order valence-electron chi connectivity index (χ1n) is 5.31. The fourth-order valence-electron chi connectivity index (χ4n) is 1.83. The SMILES string of the molecule is CC1(CCN)CN(C2=CNCC=N2)C(=O)O1. The predicted octanol–water partition coefficient (Wildman–Crippen LogP) is 0.0190. The summed E-state index contributed by atoms with van der Waals surface area (Å²) in [6, 6.07) is 0. The summed E-state index contributed by atoms with van der Waals surface area (Å²) in [7, 11) is 0. The zero-order chi connectivity index (χ0) is 11.6. The molecular weight excluding hydrogens is 208 g/mol. The fraction of sp³-hybridized carbons (Fsp3) is 0.600. The van der Waals surface area contributed by atoms with Crippen LogP contribution in [0.15, 0.2) is 17.0 Å². The van der Waals surface area contributed by atoms with Gasteiger partial charge in [-0.3, -0.25) is 4.90 Å². The minimum atomic E-state index is -0.500. The summed E-state index contributed by atoms with van der Waals surface area (Å²) >= 11 is 0. The van der Waals surface area contributed by atoms with Crippen LogP contribution in [0.25, 0.3) is 0 Å². The molecule has 0 bridgehead atoms. The van der Waals surface area contributed by atoms with Crippen LogP contribution in [0.2, 0.25) is 0 Å². The molecule has 0 aliphatic carbocycles. The lowest BCUT2D eigenvalue weighted by molar-refractivity contribution is 0.0670. The van der Waals surface area contributed by atoms with E-state index < -0.39 is 5.60 Å². The number of nitrogens with one attached hydrogen (secondary N) is 1. The van der Waals surface area contributed by atoms with Crippen molar-refractivity contribution in [1.82, 2.24) is 10.2 Å². The van der Waals surface area contributed by atoms with Gasteiger partial charge in [-0.2, -0.15) is 0 Å². The van der Waals surface area contributed by atoms with E-state index in [1.165, 1.54) is 4.90 Å². The van der Waals surface area contributed by atoms with Gasteiger partial charge in [0.1, 0.15) is 5.60 Å². The van der Waals surface area contributed by atoms with Crippen LogP contribution in [-0.2, 0) is 4.74 Å². The summed E-state index contributed by atoms with van der Waals surface area (Å²) in [5.41, 5.74) is 5.00. The summed E-state index contributed by atoms with van der Waals surface area (Å²) in [5, 5.41) is 3.01. The van der Waals surface area contributed by atoms with Crippen LogP contribution in [0.3, 0.4) is 0 Å². The molecule has 3 N–H and O–H groups in total. The van der Waals surface area contributed by atoms with Gasteiger partial charge in [-0.05, 0) is 13.5 Å². The van der Waals surface area contributed by atoms with E-state index in [9.17, 15) is 4.79 Å². The van der Waals surface area contributed by atoms with Crippen molar-refractivity contribution in [2.45, 2.75) is 18.9 Å². The number of nitrogens with zero attached hydrogens (tertiary/aromatic N) is 2. The number of nitrogens with two attached hydrogens (primary N) is 1.